The lowest BCUT2D eigenvalue weighted by atomic mass is 10.2. The van der Waals surface area contributed by atoms with Crippen molar-refractivity contribution in [3.8, 4) is 0 Å². The van der Waals surface area contributed by atoms with E-state index < -0.39 is 0 Å². The van der Waals surface area contributed by atoms with E-state index >= 15 is 0 Å². The minimum absolute atomic E-state index is 0. The summed E-state index contributed by atoms with van der Waals surface area (Å²) < 4.78 is 5.69. The number of nitrogens with one attached hydrogen (secondary N) is 1. The molecule has 1 aliphatic rings. The van der Waals surface area contributed by atoms with Crippen LogP contribution >= 0.6 is 24.0 Å². The molecule has 1 saturated carbocycles. The van der Waals surface area contributed by atoms with Gasteiger partial charge >= 0.3 is 0 Å². The van der Waals surface area contributed by atoms with Gasteiger partial charge in [-0.1, -0.05) is 0 Å². The predicted molar refractivity (Wildman–Crippen MR) is 110 cm³/mol. The Morgan fingerprint density at radius 1 is 1.38 bits per heavy atom. The van der Waals surface area contributed by atoms with Gasteiger partial charge in [0.2, 0.25) is 0 Å². The number of aromatic nitrogens is 1. The first kappa shape index (κ1) is 21.0. The molecule has 6 nitrogen and oxygen atoms in total. The van der Waals surface area contributed by atoms with Crippen molar-refractivity contribution in [3.63, 3.8) is 0 Å². The number of guanidine groups is 1. The number of likely N-dealkylation sites (N-methyl/N-ethyl adjacent to an activating group) is 1. The van der Waals surface area contributed by atoms with Crippen molar-refractivity contribution in [3.05, 3.63) is 23.9 Å². The third-order valence-electron chi connectivity index (χ3n) is 3.91. The predicted octanol–water partition coefficient (Wildman–Crippen LogP) is 2.20. The molecule has 0 aliphatic heterocycles. The molecule has 1 N–H and O–H groups in total. The second-order valence-electron chi connectivity index (χ2n) is 6.26. The van der Waals surface area contributed by atoms with Crippen LogP contribution < -0.4 is 10.2 Å². The second-order valence-corrected chi connectivity index (χ2v) is 6.26. The molecule has 0 saturated heterocycles. The molecule has 0 unspecified atom stereocenters. The SMILES string of the molecule is CN=C(NCc1ccnc(N(C)C)c1)N(C)CCOCC1CC1.I. The van der Waals surface area contributed by atoms with Gasteiger partial charge in [0.05, 0.1) is 6.61 Å². The highest BCUT2D eigenvalue weighted by Gasteiger charge is 2.21. The topological polar surface area (TPSA) is 53.0 Å². The lowest BCUT2D eigenvalue weighted by Gasteiger charge is -2.22. The van der Waals surface area contributed by atoms with Gasteiger partial charge in [-0.25, -0.2) is 4.98 Å². The lowest BCUT2D eigenvalue weighted by Crippen LogP contribution is -2.40. The van der Waals surface area contributed by atoms with E-state index in [2.05, 4.69) is 26.3 Å². The minimum atomic E-state index is 0. The molecule has 1 aliphatic carbocycles. The van der Waals surface area contributed by atoms with Gasteiger partial charge in [-0.3, -0.25) is 4.99 Å². The van der Waals surface area contributed by atoms with Crippen molar-refractivity contribution in [2.24, 2.45) is 10.9 Å². The van der Waals surface area contributed by atoms with E-state index in [0.717, 1.165) is 44.0 Å². The number of anilines is 1. The summed E-state index contributed by atoms with van der Waals surface area (Å²) in [4.78, 5) is 12.8. The van der Waals surface area contributed by atoms with Crippen LogP contribution in [-0.2, 0) is 11.3 Å². The number of aliphatic imine (C=N–C) groups is 1. The molecule has 0 atom stereocenters. The maximum Gasteiger partial charge on any atom is 0.193 e. The Balaban J connectivity index is 0.00000288. The summed E-state index contributed by atoms with van der Waals surface area (Å²) in [5, 5.41) is 3.39. The number of hydrogen-bond donors (Lipinski definition) is 1. The number of ether oxygens (including phenoxy) is 1. The average molecular weight is 447 g/mol. The van der Waals surface area contributed by atoms with E-state index in [9.17, 15) is 0 Å². The van der Waals surface area contributed by atoms with Crippen molar-refractivity contribution in [2.75, 3.05) is 52.8 Å². The highest BCUT2D eigenvalue weighted by molar-refractivity contribution is 14.0. The van der Waals surface area contributed by atoms with E-state index in [-0.39, 0.29) is 24.0 Å². The quantitative estimate of drug-likeness (QED) is 0.287. The summed E-state index contributed by atoms with van der Waals surface area (Å²) in [5.74, 6) is 2.65. The molecule has 2 rings (SSSR count). The van der Waals surface area contributed by atoms with Gasteiger partial charge in [0, 0.05) is 54.1 Å². The van der Waals surface area contributed by atoms with Crippen LogP contribution in [0.2, 0.25) is 0 Å². The highest BCUT2D eigenvalue weighted by Crippen LogP contribution is 2.28. The molecular weight excluding hydrogens is 417 g/mol. The molecule has 0 bridgehead atoms. The number of nitrogens with zero attached hydrogens (tertiary/aromatic N) is 4. The lowest BCUT2D eigenvalue weighted by molar-refractivity contribution is 0.115. The Bertz CT molecular complexity index is 519. The molecule has 1 heterocycles. The maximum absolute atomic E-state index is 5.69. The fourth-order valence-corrected chi connectivity index (χ4v) is 2.22. The smallest absolute Gasteiger partial charge is 0.193 e. The van der Waals surface area contributed by atoms with Crippen molar-refractivity contribution in [1.29, 1.82) is 0 Å². The van der Waals surface area contributed by atoms with E-state index in [1.54, 1.807) is 0 Å². The fourth-order valence-electron chi connectivity index (χ4n) is 2.22. The molecular formula is C17H30IN5O. The molecule has 136 valence electrons. The first-order valence-corrected chi connectivity index (χ1v) is 8.22. The number of rotatable bonds is 8. The van der Waals surface area contributed by atoms with Crippen molar-refractivity contribution in [1.82, 2.24) is 15.2 Å². The first-order valence-electron chi connectivity index (χ1n) is 8.22. The van der Waals surface area contributed by atoms with Crippen LogP contribution in [0, 0.1) is 5.92 Å². The van der Waals surface area contributed by atoms with Crippen LogP contribution in [0.5, 0.6) is 0 Å². The standard InChI is InChI=1S/C17H29N5O.HI/c1-18-17(22(4)9-10-23-13-14-5-6-14)20-12-15-7-8-19-16(11-15)21(2)3;/h7-8,11,14H,5-6,9-10,12-13H2,1-4H3,(H,18,20);1H. The minimum Gasteiger partial charge on any atom is -0.379 e. The first-order chi connectivity index (χ1) is 11.1. The summed E-state index contributed by atoms with van der Waals surface area (Å²) in [7, 11) is 7.83. The Morgan fingerprint density at radius 3 is 2.75 bits per heavy atom. The van der Waals surface area contributed by atoms with Crippen LogP contribution in [-0.4, -0.2) is 63.8 Å². The van der Waals surface area contributed by atoms with E-state index in [1.807, 2.05) is 45.4 Å². The Kier molecular flexibility index (Phi) is 9.35. The summed E-state index contributed by atoms with van der Waals surface area (Å²) in [5.41, 5.74) is 1.18. The van der Waals surface area contributed by atoms with Crippen LogP contribution in [0.1, 0.15) is 18.4 Å². The zero-order valence-corrected chi connectivity index (χ0v) is 17.5. The van der Waals surface area contributed by atoms with Crippen LogP contribution in [0.4, 0.5) is 5.82 Å². The van der Waals surface area contributed by atoms with Crippen molar-refractivity contribution < 1.29 is 4.74 Å². The third-order valence-corrected chi connectivity index (χ3v) is 3.91. The van der Waals surface area contributed by atoms with E-state index in [0.29, 0.717) is 0 Å². The van der Waals surface area contributed by atoms with Gasteiger partial charge in [0.25, 0.3) is 0 Å². The second kappa shape index (κ2) is 10.7. The Labute approximate surface area is 162 Å². The fraction of sp³-hybridized carbons (Fsp3) is 0.647. The third kappa shape index (κ3) is 7.21. The molecule has 1 aromatic rings. The van der Waals surface area contributed by atoms with Gasteiger partial charge in [0.15, 0.2) is 5.96 Å². The summed E-state index contributed by atoms with van der Waals surface area (Å²) in [6.07, 6.45) is 4.50. The molecule has 0 aromatic carbocycles. The van der Waals surface area contributed by atoms with E-state index in [4.69, 9.17) is 4.74 Å². The zero-order valence-electron chi connectivity index (χ0n) is 15.2. The van der Waals surface area contributed by atoms with Crippen LogP contribution in [0.15, 0.2) is 23.3 Å². The Hall–Kier alpha value is -1.09. The van der Waals surface area contributed by atoms with Crippen LogP contribution in [0.3, 0.4) is 0 Å². The summed E-state index contributed by atoms with van der Waals surface area (Å²) in [6, 6.07) is 4.10. The summed E-state index contributed by atoms with van der Waals surface area (Å²) >= 11 is 0. The largest absolute Gasteiger partial charge is 0.379 e. The maximum atomic E-state index is 5.69. The van der Waals surface area contributed by atoms with E-state index in [1.165, 1.54) is 18.4 Å². The highest BCUT2D eigenvalue weighted by atomic mass is 127. The molecule has 0 radical (unpaired) electrons. The number of halogens is 1. The monoisotopic (exact) mass is 447 g/mol. The van der Waals surface area contributed by atoms with Gasteiger partial charge in [-0.05, 0) is 36.5 Å². The van der Waals surface area contributed by atoms with Gasteiger partial charge in [-0.15, -0.1) is 24.0 Å². The van der Waals surface area contributed by atoms with Gasteiger partial charge in [0.1, 0.15) is 5.82 Å². The van der Waals surface area contributed by atoms with Gasteiger partial charge < -0.3 is 19.9 Å². The number of pyridine rings is 1. The molecule has 0 spiro atoms. The number of hydrogen-bond acceptors (Lipinski definition) is 4. The molecule has 24 heavy (non-hydrogen) atoms. The molecule has 1 fully saturated rings. The molecule has 1 aromatic heterocycles. The van der Waals surface area contributed by atoms with Crippen molar-refractivity contribution >= 4 is 35.8 Å². The van der Waals surface area contributed by atoms with Crippen molar-refractivity contribution in [2.45, 2.75) is 19.4 Å². The normalized spacial score (nSPS) is 14.1. The average Bonchev–Trinajstić information content (AvgIpc) is 3.36. The summed E-state index contributed by atoms with van der Waals surface area (Å²) in [6.45, 7) is 3.22. The molecule has 0 amide bonds. The van der Waals surface area contributed by atoms with Crippen LogP contribution in [0.25, 0.3) is 0 Å². The zero-order chi connectivity index (χ0) is 16.7. The Morgan fingerprint density at radius 2 is 2.12 bits per heavy atom. The molecule has 7 heteroatoms. The van der Waals surface area contributed by atoms with Gasteiger partial charge in [-0.2, -0.15) is 0 Å².